The van der Waals surface area contributed by atoms with Crippen LogP contribution in [0.1, 0.15) is 25.0 Å². The third-order valence-corrected chi connectivity index (χ3v) is 3.04. The van der Waals surface area contributed by atoms with E-state index in [4.69, 9.17) is 0 Å². The Labute approximate surface area is 89.6 Å². The van der Waals surface area contributed by atoms with Gasteiger partial charge in [0.1, 0.15) is 9.84 Å². The summed E-state index contributed by atoms with van der Waals surface area (Å²) in [6, 6.07) is 0. The summed E-state index contributed by atoms with van der Waals surface area (Å²) >= 11 is 0. The van der Waals surface area contributed by atoms with E-state index in [0.29, 0.717) is 13.0 Å². The molecule has 1 rings (SSSR count). The van der Waals surface area contributed by atoms with Gasteiger partial charge in [-0.25, -0.2) is 8.42 Å². The number of aryl methyl sites for hydroxylation is 1. The first kappa shape index (κ1) is 12.2. The van der Waals surface area contributed by atoms with Gasteiger partial charge in [0.25, 0.3) is 0 Å². The standard InChI is InChI=1S/C9H16N2O3S/c1-3-9(12)8-6-10-11(7-8)4-5-15(2,13)14/h6-7,9,12H,3-5H2,1-2H3. The molecule has 0 saturated carbocycles. The summed E-state index contributed by atoms with van der Waals surface area (Å²) in [7, 11) is -2.96. The van der Waals surface area contributed by atoms with Crippen LogP contribution < -0.4 is 0 Å². The first-order valence-corrected chi connectivity index (χ1v) is 6.86. The molecule has 0 aliphatic rings. The van der Waals surface area contributed by atoms with Crippen LogP contribution in [-0.4, -0.2) is 35.3 Å². The number of sulfone groups is 1. The van der Waals surface area contributed by atoms with Gasteiger partial charge < -0.3 is 5.11 Å². The van der Waals surface area contributed by atoms with Gasteiger partial charge in [-0.05, 0) is 6.42 Å². The van der Waals surface area contributed by atoms with Gasteiger partial charge in [-0.3, -0.25) is 4.68 Å². The topological polar surface area (TPSA) is 72.2 Å². The normalized spacial score (nSPS) is 14.1. The minimum Gasteiger partial charge on any atom is -0.388 e. The third-order valence-electron chi connectivity index (χ3n) is 2.12. The molecular formula is C9H16N2O3S. The molecule has 0 radical (unpaired) electrons. The molecule has 0 fully saturated rings. The van der Waals surface area contributed by atoms with Gasteiger partial charge >= 0.3 is 0 Å². The zero-order valence-corrected chi connectivity index (χ0v) is 9.74. The molecule has 0 saturated heterocycles. The maximum Gasteiger partial charge on any atom is 0.149 e. The third kappa shape index (κ3) is 4.01. The fourth-order valence-corrected chi connectivity index (χ4v) is 1.69. The molecule has 86 valence electrons. The van der Waals surface area contributed by atoms with Crippen LogP contribution in [0.5, 0.6) is 0 Å². The summed E-state index contributed by atoms with van der Waals surface area (Å²) in [6.45, 7) is 2.20. The van der Waals surface area contributed by atoms with Crippen LogP contribution in [-0.2, 0) is 16.4 Å². The van der Waals surface area contributed by atoms with Crippen LogP contribution >= 0.6 is 0 Å². The monoisotopic (exact) mass is 232 g/mol. The second-order valence-corrected chi connectivity index (χ2v) is 5.85. The second-order valence-electron chi connectivity index (χ2n) is 3.59. The number of rotatable bonds is 5. The van der Waals surface area contributed by atoms with Gasteiger partial charge in [-0.15, -0.1) is 0 Å². The number of aromatic nitrogens is 2. The fraction of sp³-hybridized carbons (Fsp3) is 0.667. The van der Waals surface area contributed by atoms with Gasteiger partial charge in [0.2, 0.25) is 0 Å². The van der Waals surface area contributed by atoms with E-state index in [-0.39, 0.29) is 5.75 Å². The van der Waals surface area contributed by atoms with Crippen LogP contribution in [0.15, 0.2) is 12.4 Å². The lowest BCUT2D eigenvalue weighted by atomic mass is 10.2. The molecule has 5 nitrogen and oxygen atoms in total. The maximum atomic E-state index is 10.9. The molecular weight excluding hydrogens is 216 g/mol. The number of hydrogen-bond acceptors (Lipinski definition) is 4. The van der Waals surface area contributed by atoms with Crippen LogP contribution in [0.4, 0.5) is 0 Å². The highest BCUT2D eigenvalue weighted by atomic mass is 32.2. The summed E-state index contributed by atoms with van der Waals surface area (Å²) in [6.07, 6.45) is 4.54. The lowest BCUT2D eigenvalue weighted by molar-refractivity contribution is 0.173. The van der Waals surface area contributed by atoms with Crippen LogP contribution in [0.3, 0.4) is 0 Å². The van der Waals surface area contributed by atoms with Gasteiger partial charge in [0.15, 0.2) is 0 Å². The van der Waals surface area contributed by atoms with Crippen molar-refractivity contribution in [3.05, 3.63) is 18.0 Å². The Morgan fingerprint density at radius 3 is 2.80 bits per heavy atom. The Bertz CT molecular complexity index is 411. The predicted octanol–water partition coefficient (Wildman–Crippen LogP) is 0.371. The molecule has 15 heavy (non-hydrogen) atoms. The number of aliphatic hydroxyl groups excluding tert-OH is 1. The predicted molar refractivity (Wildman–Crippen MR) is 57.2 cm³/mol. The van der Waals surface area contributed by atoms with Crippen molar-refractivity contribution in [2.24, 2.45) is 0 Å². The Hall–Kier alpha value is -0.880. The Balaban J connectivity index is 2.61. The van der Waals surface area contributed by atoms with Crippen molar-refractivity contribution in [2.75, 3.05) is 12.0 Å². The number of aliphatic hydroxyl groups is 1. The van der Waals surface area contributed by atoms with Gasteiger partial charge in [0, 0.05) is 18.0 Å². The summed E-state index contributed by atoms with van der Waals surface area (Å²) in [5, 5.41) is 13.5. The van der Waals surface area contributed by atoms with Gasteiger partial charge in [0.05, 0.1) is 24.6 Å². The molecule has 1 atom stereocenters. The van der Waals surface area contributed by atoms with Crippen LogP contribution in [0.2, 0.25) is 0 Å². The van der Waals surface area contributed by atoms with Crippen molar-refractivity contribution in [3.8, 4) is 0 Å². The lowest BCUT2D eigenvalue weighted by Crippen LogP contribution is -2.11. The van der Waals surface area contributed by atoms with Crippen molar-refractivity contribution >= 4 is 9.84 Å². The molecule has 1 aromatic rings. The molecule has 1 N–H and O–H groups in total. The molecule has 0 aliphatic heterocycles. The minimum absolute atomic E-state index is 0.0658. The van der Waals surface area contributed by atoms with E-state index in [0.717, 1.165) is 5.56 Å². The van der Waals surface area contributed by atoms with E-state index < -0.39 is 15.9 Å². The van der Waals surface area contributed by atoms with E-state index in [1.165, 1.54) is 10.9 Å². The van der Waals surface area contributed by atoms with Gasteiger partial charge in [-0.2, -0.15) is 5.10 Å². The van der Waals surface area contributed by atoms with Crippen LogP contribution in [0.25, 0.3) is 0 Å². The first-order chi connectivity index (χ1) is 6.92. The first-order valence-electron chi connectivity index (χ1n) is 4.80. The summed E-state index contributed by atoms with van der Waals surface area (Å²) in [5.41, 5.74) is 0.728. The number of nitrogens with zero attached hydrogens (tertiary/aromatic N) is 2. The quantitative estimate of drug-likeness (QED) is 0.796. The second kappa shape index (κ2) is 4.76. The summed E-state index contributed by atoms with van der Waals surface area (Å²) < 4.78 is 23.4. The highest BCUT2D eigenvalue weighted by Crippen LogP contribution is 2.14. The zero-order valence-electron chi connectivity index (χ0n) is 8.92. The average Bonchev–Trinajstić information content (AvgIpc) is 2.61. The molecule has 0 aromatic carbocycles. The van der Waals surface area contributed by atoms with Crippen molar-refractivity contribution in [3.63, 3.8) is 0 Å². The van der Waals surface area contributed by atoms with E-state index in [1.807, 2.05) is 6.92 Å². The fourth-order valence-electron chi connectivity index (χ4n) is 1.17. The van der Waals surface area contributed by atoms with Crippen molar-refractivity contribution in [1.29, 1.82) is 0 Å². The van der Waals surface area contributed by atoms with E-state index >= 15 is 0 Å². The highest BCUT2D eigenvalue weighted by molar-refractivity contribution is 7.90. The van der Waals surface area contributed by atoms with Gasteiger partial charge in [-0.1, -0.05) is 6.92 Å². The smallest absolute Gasteiger partial charge is 0.149 e. The SMILES string of the molecule is CCC(O)c1cnn(CCS(C)(=O)=O)c1. The molecule has 0 bridgehead atoms. The molecule has 1 heterocycles. The molecule has 0 aliphatic carbocycles. The Kier molecular flexibility index (Phi) is 3.87. The molecule has 0 spiro atoms. The molecule has 1 unspecified atom stereocenters. The molecule has 6 heteroatoms. The van der Waals surface area contributed by atoms with Crippen LogP contribution in [0, 0.1) is 0 Å². The Morgan fingerprint density at radius 1 is 1.60 bits per heavy atom. The largest absolute Gasteiger partial charge is 0.388 e. The van der Waals surface area contributed by atoms with Crippen molar-refractivity contribution in [1.82, 2.24) is 9.78 Å². The highest BCUT2D eigenvalue weighted by Gasteiger charge is 2.08. The van der Waals surface area contributed by atoms with Crippen molar-refractivity contribution in [2.45, 2.75) is 26.0 Å². The van der Waals surface area contributed by atoms with E-state index in [9.17, 15) is 13.5 Å². The minimum atomic E-state index is -2.96. The lowest BCUT2D eigenvalue weighted by Gasteiger charge is -2.02. The van der Waals surface area contributed by atoms with Crippen molar-refractivity contribution < 1.29 is 13.5 Å². The average molecular weight is 232 g/mol. The Morgan fingerprint density at radius 2 is 2.27 bits per heavy atom. The molecule has 1 aromatic heterocycles. The van der Waals surface area contributed by atoms with E-state index in [2.05, 4.69) is 5.10 Å². The summed E-state index contributed by atoms with van der Waals surface area (Å²) in [5.74, 6) is 0.0658. The maximum absolute atomic E-state index is 10.9. The zero-order chi connectivity index (χ0) is 11.5. The van der Waals surface area contributed by atoms with E-state index in [1.54, 1.807) is 12.4 Å². The molecule has 0 amide bonds. The summed E-state index contributed by atoms with van der Waals surface area (Å²) in [4.78, 5) is 0. The number of hydrogen-bond donors (Lipinski definition) is 1.